The molecule has 2 aromatic carbocycles. The molecular weight excluding hydrogens is 312 g/mol. The maximum atomic E-state index is 11.9. The molecule has 0 aromatic heterocycles. The monoisotopic (exact) mass is 328 g/mol. The first-order chi connectivity index (χ1) is 11.5. The molecule has 124 valence electrons. The standard InChI is InChI=1S/C18H16O6/c19-15(11-14(17(21)22)12-7-3-1-4-8-12)24-18(23)16(20)13-9-5-2-6-10-13/h1-10,14-15,19H,11H2,(H,21,22). The molecule has 2 rings (SSSR count). The van der Waals surface area contributed by atoms with Crippen LogP contribution in [0, 0.1) is 0 Å². The van der Waals surface area contributed by atoms with Crippen LogP contribution in [0.4, 0.5) is 0 Å². The van der Waals surface area contributed by atoms with Crippen LogP contribution in [0.5, 0.6) is 0 Å². The van der Waals surface area contributed by atoms with Gasteiger partial charge in [0.1, 0.15) is 0 Å². The third-order valence-corrected chi connectivity index (χ3v) is 3.40. The Labute approximate surface area is 138 Å². The number of Topliss-reactive ketones (excluding diaryl/α,β-unsaturated/α-hetero) is 1. The van der Waals surface area contributed by atoms with Crippen LogP contribution in [0.1, 0.15) is 28.3 Å². The smallest absolute Gasteiger partial charge is 0.381 e. The number of ketones is 1. The van der Waals surface area contributed by atoms with E-state index in [1.807, 2.05) is 0 Å². The van der Waals surface area contributed by atoms with E-state index in [9.17, 15) is 24.6 Å². The molecule has 2 N–H and O–H groups in total. The molecular formula is C18H16O6. The number of hydrogen-bond acceptors (Lipinski definition) is 5. The number of carbonyl (C=O) groups excluding carboxylic acids is 2. The predicted octanol–water partition coefficient (Wildman–Crippen LogP) is 1.99. The molecule has 0 aliphatic rings. The number of rotatable bonds is 7. The van der Waals surface area contributed by atoms with Gasteiger partial charge < -0.3 is 14.9 Å². The fourth-order valence-corrected chi connectivity index (χ4v) is 2.20. The molecule has 6 nitrogen and oxygen atoms in total. The van der Waals surface area contributed by atoms with Crippen LogP contribution in [0.3, 0.4) is 0 Å². The van der Waals surface area contributed by atoms with Gasteiger partial charge in [0.05, 0.1) is 5.92 Å². The molecule has 0 aliphatic carbocycles. The molecule has 0 heterocycles. The van der Waals surface area contributed by atoms with E-state index in [4.69, 9.17) is 0 Å². The average molecular weight is 328 g/mol. The van der Waals surface area contributed by atoms with E-state index in [1.54, 1.807) is 48.5 Å². The van der Waals surface area contributed by atoms with Crippen LogP contribution in [-0.4, -0.2) is 34.2 Å². The van der Waals surface area contributed by atoms with Crippen molar-refractivity contribution in [3.63, 3.8) is 0 Å². The zero-order valence-electron chi connectivity index (χ0n) is 12.7. The maximum Gasteiger partial charge on any atom is 0.381 e. The van der Waals surface area contributed by atoms with Gasteiger partial charge in [-0.2, -0.15) is 0 Å². The summed E-state index contributed by atoms with van der Waals surface area (Å²) >= 11 is 0. The molecule has 2 aromatic rings. The molecule has 0 spiro atoms. The number of ether oxygens (including phenoxy) is 1. The van der Waals surface area contributed by atoms with E-state index in [2.05, 4.69) is 4.74 Å². The molecule has 2 atom stereocenters. The normalized spacial score (nSPS) is 12.9. The van der Waals surface area contributed by atoms with Gasteiger partial charge in [-0.05, 0) is 5.56 Å². The molecule has 0 saturated heterocycles. The van der Waals surface area contributed by atoms with Crippen molar-refractivity contribution in [1.29, 1.82) is 0 Å². The van der Waals surface area contributed by atoms with Crippen LogP contribution in [0.15, 0.2) is 60.7 Å². The van der Waals surface area contributed by atoms with Crippen LogP contribution in [0.2, 0.25) is 0 Å². The Bertz CT molecular complexity index is 711. The predicted molar refractivity (Wildman–Crippen MR) is 84.3 cm³/mol. The van der Waals surface area contributed by atoms with Gasteiger partial charge in [0.15, 0.2) is 0 Å². The van der Waals surface area contributed by atoms with Crippen molar-refractivity contribution in [2.75, 3.05) is 0 Å². The van der Waals surface area contributed by atoms with Crippen molar-refractivity contribution in [2.45, 2.75) is 18.6 Å². The highest BCUT2D eigenvalue weighted by molar-refractivity contribution is 6.40. The van der Waals surface area contributed by atoms with Crippen molar-refractivity contribution < 1.29 is 29.3 Å². The second-order valence-corrected chi connectivity index (χ2v) is 5.09. The number of aliphatic carboxylic acids is 1. The summed E-state index contributed by atoms with van der Waals surface area (Å²) in [6, 6.07) is 16.0. The number of carboxylic acid groups (broad SMARTS) is 1. The highest BCUT2D eigenvalue weighted by Crippen LogP contribution is 2.22. The van der Waals surface area contributed by atoms with E-state index < -0.39 is 29.9 Å². The summed E-state index contributed by atoms with van der Waals surface area (Å²) in [7, 11) is 0. The zero-order chi connectivity index (χ0) is 17.5. The van der Waals surface area contributed by atoms with Gasteiger partial charge in [-0.3, -0.25) is 9.59 Å². The van der Waals surface area contributed by atoms with E-state index in [1.165, 1.54) is 12.1 Å². The number of carboxylic acids is 1. The molecule has 0 fully saturated rings. The Hall–Kier alpha value is -2.99. The van der Waals surface area contributed by atoms with Crippen molar-refractivity contribution in [1.82, 2.24) is 0 Å². The third-order valence-electron chi connectivity index (χ3n) is 3.40. The molecule has 0 amide bonds. The van der Waals surface area contributed by atoms with Crippen molar-refractivity contribution in [3.8, 4) is 0 Å². The fourth-order valence-electron chi connectivity index (χ4n) is 2.20. The lowest BCUT2D eigenvalue weighted by molar-refractivity contribution is -0.165. The van der Waals surface area contributed by atoms with Crippen LogP contribution >= 0.6 is 0 Å². The quantitative estimate of drug-likeness (QED) is 0.349. The Kier molecular flexibility index (Phi) is 5.81. The Morgan fingerprint density at radius 1 is 0.917 bits per heavy atom. The summed E-state index contributed by atoms with van der Waals surface area (Å²) in [6.45, 7) is 0. The largest absolute Gasteiger partial charge is 0.481 e. The summed E-state index contributed by atoms with van der Waals surface area (Å²) in [5.74, 6) is -4.35. The summed E-state index contributed by atoms with van der Waals surface area (Å²) < 4.78 is 4.67. The average Bonchev–Trinajstić information content (AvgIpc) is 2.60. The van der Waals surface area contributed by atoms with Gasteiger partial charge in [0.25, 0.3) is 5.78 Å². The molecule has 0 bridgehead atoms. The van der Waals surface area contributed by atoms with E-state index >= 15 is 0 Å². The second-order valence-electron chi connectivity index (χ2n) is 5.09. The Morgan fingerprint density at radius 2 is 1.46 bits per heavy atom. The lowest BCUT2D eigenvalue weighted by Gasteiger charge is -2.17. The molecule has 0 saturated carbocycles. The second kappa shape index (κ2) is 8.03. The van der Waals surface area contributed by atoms with Gasteiger partial charge >= 0.3 is 11.9 Å². The summed E-state index contributed by atoms with van der Waals surface area (Å²) in [6.07, 6.45) is -2.06. The van der Waals surface area contributed by atoms with Crippen molar-refractivity contribution in [2.24, 2.45) is 0 Å². The number of aliphatic hydroxyl groups excluding tert-OH is 1. The number of carbonyl (C=O) groups is 3. The van der Waals surface area contributed by atoms with Gasteiger partial charge in [-0.1, -0.05) is 60.7 Å². The number of hydrogen-bond donors (Lipinski definition) is 2. The minimum atomic E-state index is -1.70. The Morgan fingerprint density at radius 3 is 2.00 bits per heavy atom. The highest BCUT2D eigenvalue weighted by atomic mass is 16.6. The van der Waals surface area contributed by atoms with Crippen LogP contribution in [-0.2, 0) is 14.3 Å². The first-order valence-corrected chi connectivity index (χ1v) is 7.25. The minimum Gasteiger partial charge on any atom is -0.481 e. The number of esters is 1. The SMILES string of the molecule is O=C(OC(O)CC(C(=O)O)c1ccccc1)C(=O)c1ccccc1. The van der Waals surface area contributed by atoms with E-state index in [0.29, 0.717) is 5.56 Å². The fraction of sp³-hybridized carbons (Fsp3) is 0.167. The molecule has 0 aliphatic heterocycles. The number of aliphatic hydroxyl groups is 1. The molecule has 0 radical (unpaired) electrons. The zero-order valence-corrected chi connectivity index (χ0v) is 12.7. The first-order valence-electron chi connectivity index (χ1n) is 7.25. The van der Waals surface area contributed by atoms with Gasteiger partial charge in [0.2, 0.25) is 6.29 Å². The molecule has 6 heteroatoms. The summed E-state index contributed by atoms with van der Waals surface area (Å²) in [4.78, 5) is 35.0. The first kappa shape index (κ1) is 17.4. The molecule has 2 unspecified atom stereocenters. The van der Waals surface area contributed by atoms with Crippen molar-refractivity contribution in [3.05, 3.63) is 71.8 Å². The van der Waals surface area contributed by atoms with Gasteiger partial charge in [0, 0.05) is 12.0 Å². The van der Waals surface area contributed by atoms with Crippen LogP contribution < -0.4 is 0 Å². The van der Waals surface area contributed by atoms with E-state index in [0.717, 1.165) is 0 Å². The van der Waals surface area contributed by atoms with Crippen LogP contribution in [0.25, 0.3) is 0 Å². The lowest BCUT2D eigenvalue weighted by Crippen LogP contribution is -2.27. The topological polar surface area (TPSA) is 101 Å². The van der Waals surface area contributed by atoms with Gasteiger partial charge in [-0.15, -0.1) is 0 Å². The van der Waals surface area contributed by atoms with Gasteiger partial charge in [-0.25, -0.2) is 4.79 Å². The summed E-state index contributed by atoms with van der Waals surface area (Å²) in [5.41, 5.74) is 0.599. The molecule has 24 heavy (non-hydrogen) atoms. The van der Waals surface area contributed by atoms with Crippen molar-refractivity contribution >= 4 is 17.7 Å². The highest BCUT2D eigenvalue weighted by Gasteiger charge is 2.27. The lowest BCUT2D eigenvalue weighted by atomic mass is 9.96. The number of benzene rings is 2. The summed E-state index contributed by atoms with van der Waals surface area (Å²) in [5, 5.41) is 19.1. The van der Waals surface area contributed by atoms with E-state index in [-0.39, 0.29) is 12.0 Å². The maximum absolute atomic E-state index is 11.9. The minimum absolute atomic E-state index is 0.132. The third kappa shape index (κ3) is 4.50. The Balaban J connectivity index is 2.01.